The molecule has 0 bridgehead atoms. The summed E-state index contributed by atoms with van der Waals surface area (Å²) in [5.74, 6) is -0.395. The number of benzene rings is 1. The predicted octanol–water partition coefficient (Wildman–Crippen LogP) is 2.31. The highest BCUT2D eigenvalue weighted by molar-refractivity contribution is 7.85. The van der Waals surface area contributed by atoms with Crippen LogP contribution >= 0.6 is 0 Å². The topological polar surface area (TPSA) is 54.4 Å². The van der Waals surface area contributed by atoms with E-state index in [1.165, 1.54) is 0 Å². The average Bonchev–Trinajstić information content (AvgIpc) is 2.03. The second-order valence-corrected chi connectivity index (χ2v) is 4.56. The van der Waals surface area contributed by atoms with Crippen LogP contribution in [0, 0.1) is 0 Å². The zero-order chi connectivity index (χ0) is 9.90. The van der Waals surface area contributed by atoms with Gasteiger partial charge in [0.1, 0.15) is 0 Å². The predicted molar refractivity (Wildman–Crippen MR) is 58.0 cm³/mol. The lowest BCUT2D eigenvalue weighted by atomic mass is 10.0. The summed E-state index contributed by atoms with van der Waals surface area (Å²) < 4.78 is 29.8. The molecule has 0 saturated heterocycles. The summed E-state index contributed by atoms with van der Waals surface area (Å²) >= 11 is 0. The smallest absolute Gasteiger partial charge is 0.265 e. The molecule has 0 spiro atoms. The quantitative estimate of drug-likeness (QED) is 0.789. The van der Waals surface area contributed by atoms with Crippen LogP contribution in [-0.2, 0) is 10.1 Å². The van der Waals surface area contributed by atoms with Gasteiger partial charge in [0.2, 0.25) is 0 Å². The van der Waals surface area contributed by atoms with Crippen LogP contribution in [0.25, 0.3) is 0 Å². The third kappa shape index (κ3) is 4.39. The Labute approximate surface area is 85.5 Å². The van der Waals surface area contributed by atoms with Gasteiger partial charge in [-0.15, -0.1) is 0 Å². The van der Waals surface area contributed by atoms with Crippen LogP contribution in [0.5, 0.6) is 0 Å². The molecule has 3 nitrogen and oxygen atoms in total. The molecule has 0 aliphatic heterocycles. The van der Waals surface area contributed by atoms with Crippen molar-refractivity contribution in [1.29, 1.82) is 0 Å². The average molecular weight is 216 g/mol. The van der Waals surface area contributed by atoms with Crippen molar-refractivity contribution in [1.82, 2.24) is 0 Å². The van der Waals surface area contributed by atoms with Crippen LogP contribution in [0.1, 0.15) is 25.8 Å². The molecule has 0 amide bonds. The van der Waals surface area contributed by atoms with E-state index in [4.69, 9.17) is 4.55 Å². The summed E-state index contributed by atoms with van der Waals surface area (Å²) in [4.78, 5) is 0. The fourth-order valence-corrected chi connectivity index (χ4v) is 2.02. The summed E-state index contributed by atoms with van der Waals surface area (Å²) in [6, 6.07) is 9.24. The highest BCUT2D eigenvalue weighted by Gasteiger charge is 2.13. The Morgan fingerprint density at radius 3 is 2.21 bits per heavy atom. The Bertz CT molecular complexity index is 356. The largest absolute Gasteiger partial charge is 0.286 e. The van der Waals surface area contributed by atoms with Crippen molar-refractivity contribution in [3.63, 3.8) is 0 Å². The molecule has 4 heteroatoms. The van der Waals surface area contributed by atoms with E-state index >= 15 is 0 Å². The van der Waals surface area contributed by atoms with E-state index in [1.807, 2.05) is 30.3 Å². The van der Waals surface area contributed by atoms with Crippen molar-refractivity contribution in [2.45, 2.75) is 20.3 Å². The summed E-state index contributed by atoms with van der Waals surface area (Å²) in [7, 11) is -3.87. The zero-order valence-corrected chi connectivity index (χ0v) is 8.16. The van der Waals surface area contributed by atoms with Gasteiger partial charge in [0, 0.05) is 0 Å². The molecule has 14 heavy (non-hydrogen) atoms. The molecule has 0 aliphatic rings. The lowest BCUT2D eigenvalue weighted by Gasteiger charge is -2.08. The van der Waals surface area contributed by atoms with Crippen LogP contribution < -0.4 is 0 Å². The summed E-state index contributed by atoms with van der Waals surface area (Å²) in [6.45, 7) is 1.77. The highest BCUT2D eigenvalue weighted by atomic mass is 32.2. The fraction of sp³-hybridized carbons (Fsp3) is 0.400. The van der Waals surface area contributed by atoms with E-state index in [9.17, 15) is 8.42 Å². The third-order valence-corrected chi connectivity index (χ3v) is 2.75. The van der Waals surface area contributed by atoms with Gasteiger partial charge in [-0.05, 0) is 11.5 Å². The molecule has 1 aromatic carbocycles. The van der Waals surface area contributed by atoms with Crippen LogP contribution in [0.15, 0.2) is 30.3 Å². The first kappa shape index (κ1) is 13.1. The van der Waals surface area contributed by atoms with Crippen LogP contribution in [0.4, 0.5) is 0 Å². The fourth-order valence-electron chi connectivity index (χ4n) is 1.19. The Hall–Kier alpha value is -0.870. The monoisotopic (exact) mass is 216 g/mol. The van der Waals surface area contributed by atoms with Crippen molar-refractivity contribution < 1.29 is 13.0 Å². The summed E-state index contributed by atoms with van der Waals surface area (Å²) in [5.41, 5.74) is 0.917. The van der Waals surface area contributed by atoms with Crippen molar-refractivity contribution in [2.24, 2.45) is 0 Å². The van der Waals surface area contributed by atoms with Gasteiger partial charge in [-0.2, -0.15) is 8.42 Å². The second kappa shape index (κ2) is 5.12. The maximum absolute atomic E-state index is 10.6. The first-order chi connectivity index (χ1) is 5.99. The molecule has 1 aromatic rings. The molecule has 0 fully saturated rings. The van der Waals surface area contributed by atoms with Crippen molar-refractivity contribution in [3.8, 4) is 0 Å². The molecular formula is C10H16O3S. The van der Waals surface area contributed by atoms with E-state index < -0.39 is 10.1 Å². The van der Waals surface area contributed by atoms with Gasteiger partial charge >= 0.3 is 0 Å². The lowest BCUT2D eigenvalue weighted by molar-refractivity contribution is 0.479. The SMILES string of the molecule is C.C[C@H](CS(=O)(=O)O)c1ccccc1. The minimum atomic E-state index is -3.87. The van der Waals surface area contributed by atoms with Crippen LogP contribution in [-0.4, -0.2) is 18.7 Å². The molecular weight excluding hydrogens is 200 g/mol. The van der Waals surface area contributed by atoms with Gasteiger partial charge in [0.05, 0.1) is 5.75 Å². The summed E-state index contributed by atoms with van der Waals surface area (Å²) in [5, 5.41) is 0. The van der Waals surface area contributed by atoms with Crippen molar-refractivity contribution >= 4 is 10.1 Å². The molecule has 0 aliphatic carbocycles. The minimum Gasteiger partial charge on any atom is -0.286 e. The molecule has 0 unspecified atom stereocenters. The van der Waals surface area contributed by atoms with Gasteiger partial charge in [-0.1, -0.05) is 44.7 Å². The van der Waals surface area contributed by atoms with Gasteiger partial charge in [0.25, 0.3) is 10.1 Å². The van der Waals surface area contributed by atoms with E-state index in [1.54, 1.807) is 6.92 Å². The molecule has 0 radical (unpaired) electrons. The van der Waals surface area contributed by atoms with Crippen LogP contribution in [0.2, 0.25) is 0 Å². The molecule has 80 valence electrons. The second-order valence-electron chi connectivity index (χ2n) is 3.06. The maximum Gasteiger partial charge on any atom is 0.265 e. The first-order valence-electron chi connectivity index (χ1n) is 3.99. The molecule has 1 rings (SSSR count). The molecule has 0 saturated carbocycles. The number of hydrogen-bond acceptors (Lipinski definition) is 2. The Balaban J connectivity index is 0.00000169. The van der Waals surface area contributed by atoms with E-state index in [2.05, 4.69) is 0 Å². The van der Waals surface area contributed by atoms with Crippen molar-refractivity contribution in [2.75, 3.05) is 5.75 Å². The highest BCUT2D eigenvalue weighted by Crippen LogP contribution is 2.15. The minimum absolute atomic E-state index is 0. The normalized spacial score (nSPS) is 13.0. The number of rotatable bonds is 3. The Kier molecular flexibility index (Phi) is 4.80. The third-order valence-electron chi connectivity index (χ3n) is 1.83. The van der Waals surface area contributed by atoms with Gasteiger partial charge < -0.3 is 0 Å². The van der Waals surface area contributed by atoms with E-state index in [0.717, 1.165) is 5.56 Å². The Morgan fingerprint density at radius 2 is 1.79 bits per heavy atom. The maximum atomic E-state index is 10.6. The van der Waals surface area contributed by atoms with Crippen LogP contribution in [0.3, 0.4) is 0 Å². The van der Waals surface area contributed by atoms with Gasteiger partial charge in [-0.3, -0.25) is 4.55 Å². The standard InChI is InChI=1S/C9H12O3S.CH4/c1-8(7-13(10,11)12)9-5-3-2-4-6-9;/h2-6,8H,7H2,1H3,(H,10,11,12);1H4/t8-;/m1./s1. The molecule has 0 aromatic heterocycles. The van der Waals surface area contributed by atoms with E-state index in [0.29, 0.717) is 0 Å². The zero-order valence-electron chi connectivity index (χ0n) is 7.34. The summed E-state index contributed by atoms with van der Waals surface area (Å²) in [6.07, 6.45) is 0. The Morgan fingerprint density at radius 1 is 1.29 bits per heavy atom. The first-order valence-corrected chi connectivity index (χ1v) is 5.60. The van der Waals surface area contributed by atoms with Gasteiger partial charge in [-0.25, -0.2) is 0 Å². The van der Waals surface area contributed by atoms with Gasteiger partial charge in [0.15, 0.2) is 0 Å². The number of hydrogen-bond donors (Lipinski definition) is 1. The van der Waals surface area contributed by atoms with Crippen molar-refractivity contribution in [3.05, 3.63) is 35.9 Å². The molecule has 1 N–H and O–H groups in total. The molecule has 0 heterocycles. The molecule has 1 atom stereocenters. The lowest BCUT2D eigenvalue weighted by Crippen LogP contribution is -2.10. The van der Waals surface area contributed by atoms with E-state index in [-0.39, 0.29) is 19.1 Å².